The Balaban J connectivity index is 2.30. The molecule has 0 radical (unpaired) electrons. The molecule has 1 heterocycles. The van der Waals surface area contributed by atoms with Crippen LogP contribution in [0, 0.1) is 5.82 Å². The third-order valence-corrected chi connectivity index (χ3v) is 4.03. The number of ether oxygens (including phenoxy) is 1. The molecule has 1 unspecified atom stereocenters. The first-order valence-corrected chi connectivity index (χ1v) is 7.34. The largest absolute Gasteiger partial charge is 0.469 e. The average Bonchev–Trinajstić information content (AvgIpc) is 2.50. The standard InChI is InChI=1S/C14H14BrFN2O4/c1-22-12(19)7-11-13(20)17-4-5-18(11)14(21)9-6-8(16)2-3-10(9)15/h2-3,6,11H,4-5,7H2,1H3,(H,17,20). The molecule has 0 aliphatic carbocycles. The van der Waals surface area contributed by atoms with Gasteiger partial charge in [0.2, 0.25) is 5.91 Å². The summed E-state index contributed by atoms with van der Waals surface area (Å²) in [5, 5.41) is 2.60. The highest BCUT2D eigenvalue weighted by molar-refractivity contribution is 9.10. The quantitative estimate of drug-likeness (QED) is 0.805. The minimum absolute atomic E-state index is 0.101. The minimum atomic E-state index is -0.969. The molecule has 118 valence electrons. The summed E-state index contributed by atoms with van der Waals surface area (Å²) in [7, 11) is 1.21. The Morgan fingerprint density at radius 1 is 1.50 bits per heavy atom. The number of rotatable bonds is 3. The van der Waals surface area contributed by atoms with E-state index in [2.05, 4.69) is 26.0 Å². The van der Waals surface area contributed by atoms with Crippen LogP contribution in [0.5, 0.6) is 0 Å². The fraction of sp³-hybridized carbons (Fsp3) is 0.357. The van der Waals surface area contributed by atoms with E-state index in [4.69, 9.17) is 0 Å². The Kier molecular flexibility index (Phi) is 5.12. The zero-order chi connectivity index (χ0) is 16.3. The highest BCUT2D eigenvalue weighted by atomic mass is 79.9. The van der Waals surface area contributed by atoms with Crippen molar-refractivity contribution in [1.82, 2.24) is 10.2 Å². The summed E-state index contributed by atoms with van der Waals surface area (Å²) in [4.78, 5) is 37.2. The number of carbonyl (C=O) groups excluding carboxylic acids is 3. The van der Waals surface area contributed by atoms with Crippen LogP contribution in [0.3, 0.4) is 0 Å². The summed E-state index contributed by atoms with van der Waals surface area (Å²) in [6.45, 7) is 0.504. The summed E-state index contributed by atoms with van der Waals surface area (Å²) < 4.78 is 18.3. The summed E-state index contributed by atoms with van der Waals surface area (Å²) in [6.07, 6.45) is -0.249. The van der Waals surface area contributed by atoms with Gasteiger partial charge in [-0.05, 0) is 34.1 Å². The predicted octanol–water partition coefficient (Wildman–Crippen LogP) is 1.09. The zero-order valence-corrected chi connectivity index (χ0v) is 13.4. The van der Waals surface area contributed by atoms with Gasteiger partial charge in [-0.15, -0.1) is 0 Å². The average molecular weight is 373 g/mol. The number of nitrogens with one attached hydrogen (secondary N) is 1. The number of methoxy groups -OCH3 is 1. The zero-order valence-electron chi connectivity index (χ0n) is 11.8. The van der Waals surface area contributed by atoms with E-state index < -0.39 is 29.6 Å². The maximum Gasteiger partial charge on any atom is 0.308 e. The van der Waals surface area contributed by atoms with Gasteiger partial charge in [-0.25, -0.2) is 4.39 Å². The second-order valence-electron chi connectivity index (χ2n) is 4.71. The van der Waals surface area contributed by atoms with Gasteiger partial charge in [0.05, 0.1) is 19.1 Å². The number of amides is 2. The van der Waals surface area contributed by atoms with Crippen molar-refractivity contribution in [3.05, 3.63) is 34.1 Å². The molecule has 1 aromatic carbocycles. The molecule has 0 bridgehead atoms. The van der Waals surface area contributed by atoms with Crippen molar-refractivity contribution in [3.63, 3.8) is 0 Å². The fourth-order valence-electron chi connectivity index (χ4n) is 2.22. The van der Waals surface area contributed by atoms with Gasteiger partial charge in [-0.2, -0.15) is 0 Å². The van der Waals surface area contributed by atoms with Gasteiger partial charge in [0.25, 0.3) is 5.91 Å². The lowest BCUT2D eigenvalue weighted by Crippen LogP contribution is -2.57. The van der Waals surface area contributed by atoms with Crippen LogP contribution in [0.4, 0.5) is 4.39 Å². The Bertz CT molecular complexity index is 623. The van der Waals surface area contributed by atoms with Crippen molar-refractivity contribution in [2.75, 3.05) is 20.2 Å². The molecule has 2 amide bonds. The summed E-state index contributed by atoms with van der Waals surface area (Å²) in [5.41, 5.74) is 0.101. The second-order valence-corrected chi connectivity index (χ2v) is 5.56. The summed E-state index contributed by atoms with van der Waals surface area (Å²) in [6, 6.07) is 2.76. The molecule has 1 fully saturated rings. The molecule has 1 aliphatic heterocycles. The monoisotopic (exact) mass is 372 g/mol. The maximum atomic E-state index is 13.4. The number of esters is 1. The first kappa shape index (κ1) is 16.4. The van der Waals surface area contributed by atoms with Crippen molar-refractivity contribution in [1.29, 1.82) is 0 Å². The SMILES string of the molecule is COC(=O)CC1C(=O)NCCN1C(=O)c1cc(F)ccc1Br. The number of piperazine rings is 1. The molecule has 0 aromatic heterocycles. The van der Waals surface area contributed by atoms with Gasteiger partial charge in [-0.3, -0.25) is 14.4 Å². The van der Waals surface area contributed by atoms with Crippen LogP contribution in [0.1, 0.15) is 16.8 Å². The van der Waals surface area contributed by atoms with Crippen molar-refractivity contribution < 1.29 is 23.5 Å². The molecule has 1 aliphatic rings. The highest BCUT2D eigenvalue weighted by Gasteiger charge is 2.36. The van der Waals surface area contributed by atoms with Crippen molar-refractivity contribution in [2.24, 2.45) is 0 Å². The van der Waals surface area contributed by atoms with Crippen LogP contribution in [0.25, 0.3) is 0 Å². The molecule has 1 N–H and O–H groups in total. The van der Waals surface area contributed by atoms with E-state index in [1.165, 1.54) is 24.1 Å². The molecule has 1 saturated heterocycles. The number of benzene rings is 1. The maximum absolute atomic E-state index is 13.4. The number of hydrogen-bond donors (Lipinski definition) is 1. The van der Waals surface area contributed by atoms with Gasteiger partial charge in [0.1, 0.15) is 11.9 Å². The third-order valence-electron chi connectivity index (χ3n) is 3.34. The molecule has 2 rings (SSSR count). The van der Waals surface area contributed by atoms with Crippen LogP contribution in [0.15, 0.2) is 22.7 Å². The highest BCUT2D eigenvalue weighted by Crippen LogP contribution is 2.22. The van der Waals surface area contributed by atoms with E-state index in [-0.39, 0.29) is 25.1 Å². The summed E-state index contributed by atoms with van der Waals surface area (Å²) >= 11 is 3.19. The van der Waals surface area contributed by atoms with Gasteiger partial charge in [0.15, 0.2) is 0 Å². The lowest BCUT2D eigenvalue weighted by atomic mass is 10.1. The molecule has 0 spiro atoms. The summed E-state index contributed by atoms with van der Waals surface area (Å²) in [5.74, 6) is -2.11. The van der Waals surface area contributed by atoms with Crippen LogP contribution in [-0.4, -0.2) is 48.9 Å². The van der Waals surface area contributed by atoms with Crippen LogP contribution < -0.4 is 5.32 Å². The number of carbonyl (C=O) groups is 3. The smallest absolute Gasteiger partial charge is 0.308 e. The van der Waals surface area contributed by atoms with E-state index in [0.29, 0.717) is 4.47 Å². The van der Waals surface area contributed by atoms with E-state index in [9.17, 15) is 18.8 Å². The number of nitrogens with zero attached hydrogens (tertiary/aromatic N) is 1. The Morgan fingerprint density at radius 3 is 2.91 bits per heavy atom. The first-order chi connectivity index (χ1) is 10.4. The Labute approximate surface area is 134 Å². The minimum Gasteiger partial charge on any atom is -0.469 e. The fourth-order valence-corrected chi connectivity index (χ4v) is 2.63. The lowest BCUT2D eigenvalue weighted by Gasteiger charge is -2.34. The first-order valence-electron chi connectivity index (χ1n) is 6.54. The van der Waals surface area contributed by atoms with Gasteiger partial charge < -0.3 is 15.0 Å². The molecule has 0 saturated carbocycles. The molecule has 8 heteroatoms. The van der Waals surface area contributed by atoms with Gasteiger partial charge in [-0.1, -0.05) is 0 Å². The van der Waals surface area contributed by atoms with E-state index >= 15 is 0 Å². The van der Waals surface area contributed by atoms with Crippen LogP contribution >= 0.6 is 15.9 Å². The molecule has 1 atom stereocenters. The third kappa shape index (κ3) is 3.44. The second kappa shape index (κ2) is 6.87. The van der Waals surface area contributed by atoms with Crippen LogP contribution in [0.2, 0.25) is 0 Å². The molecule has 1 aromatic rings. The topological polar surface area (TPSA) is 75.7 Å². The van der Waals surface area contributed by atoms with Crippen molar-refractivity contribution in [2.45, 2.75) is 12.5 Å². The predicted molar refractivity (Wildman–Crippen MR) is 78.6 cm³/mol. The Hall–Kier alpha value is -1.96. The van der Waals surface area contributed by atoms with E-state index in [1.807, 2.05) is 0 Å². The molecule has 22 heavy (non-hydrogen) atoms. The van der Waals surface area contributed by atoms with E-state index in [0.717, 1.165) is 6.07 Å². The number of hydrogen-bond acceptors (Lipinski definition) is 4. The lowest BCUT2D eigenvalue weighted by molar-refractivity contribution is -0.145. The molecular formula is C14H14BrFN2O4. The van der Waals surface area contributed by atoms with Gasteiger partial charge >= 0.3 is 5.97 Å². The van der Waals surface area contributed by atoms with Crippen molar-refractivity contribution >= 4 is 33.7 Å². The normalized spacial score (nSPS) is 17.9. The van der Waals surface area contributed by atoms with Gasteiger partial charge in [0, 0.05) is 17.6 Å². The molecule has 6 nitrogen and oxygen atoms in total. The van der Waals surface area contributed by atoms with E-state index in [1.54, 1.807) is 0 Å². The van der Waals surface area contributed by atoms with Crippen molar-refractivity contribution in [3.8, 4) is 0 Å². The van der Waals surface area contributed by atoms with Crippen LogP contribution in [-0.2, 0) is 14.3 Å². The Morgan fingerprint density at radius 2 is 2.23 bits per heavy atom. The number of halogens is 2. The molecular weight excluding hydrogens is 359 g/mol.